The monoisotopic (exact) mass is 423 g/mol. The van der Waals surface area contributed by atoms with Crippen molar-refractivity contribution in [2.24, 2.45) is 0 Å². The molecule has 1 N–H and O–H groups in total. The molecule has 3 aromatic rings. The number of aromatic nitrogens is 4. The molecule has 0 fully saturated rings. The summed E-state index contributed by atoms with van der Waals surface area (Å²) in [4.78, 5) is 16.2. The van der Waals surface area contributed by atoms with Crippen LogP contribution in [0.3, 0.4) is 0 Å². The third-order valence-electron chi connectivity index (χ3n) is 3.54. The van der Waals surface area contributed by atoms with Gasteiger partial charge < -0.3 is 9.88 Å². The van der Waals surface area contributed by atoms with Gasteiger partial charge in [0.1, 0.15) is 11.6 Å². The number of hydrogen-bond donors (Lipinski definition) is 1. The number of benzene rings is 1. The molecule has 0 saturated heterocycles. The molecule has 1 amide bonds. The molecule has 8 nitrogen and oxygen atoms in total. The van der Waals surface area contributed by atoms with Crippen LogP contribution in [0.1, 0.15) is 12.7 Å². The topological polar surface area (TPSA) is 107 Å². The summed E-state index contributed by atoms with van der Waals surface area (Å²) in [6.45, 7) is 2.38. The summed E-state index contributed by atoms with van der Waals surface area (Å²) < 4.78 is 26.8. The van der Waals surface area contributed by atoms with Gasteiger partial charge in [0.2, 0.25) is 5.91 Å². The Hall–Kier alpha value is -2.24. The number of nitrogens with one attached hydrogen (secondary N) is 1. The van der Waals surface area contributed by atoms with Gasteiger partial charge in [-0.1, -0.05) is 30.0 Å². The van der Waals surface area contributed by atoms with Crippen molar-refractivity contribution in [3.63, 3.8) is 0 Å². The number of sulfone groups is 1. The number of nitrogens with zero attached hydrogens (tertiary/aromatic N) is 4. The van der Waals surface area contributed by atoms with Crippen molar-refractivity contribution in [3.05, 3.63) is 47.7 Å². The number of carbonyl (C=O) groups is 1. The van der Waals surface area contributed by atoms with E-state index in [9.17, 15) is 13.2 Å². The van der Waals surface area contributed by atoms with Crippen molar-refractivity contribution in [1.29, 1.82) is 0 Å². The molecule has 2 aromatic heterocycles. The zero-order valence-corrected chi connectivity index (χ0v) is 16.9. The second-order valence-electron chi connectivity index (χ2n) is 5.39. The van der Waals surface area contributed by atoms with Crippen molar-refractivity contribution in [2.45, 2.75) is 29.3 Å². The van der Waals surface area contributed by atoms with Gasteiger partial charge in [0, 0.05) is 18.1 Å². The standard InChI is InChI=1S/C16H17N5O3S3/c1-2-21-13(11-27(23,24)12-6-4-3-5-7-12)19-20-16(21)26-10-14(22)18-15-17-8-9-25-15/h3-9H,2,10-11H2,1H3,(H,17,18,22). The van der Waals surface area contributed by atoms with Gasteiger partial charge in [-0.05, 0) is 19.1 Å². The van der Waals surface area contributed by atoms with E-state index in [2.05, 4.69) is 20.5 Å². The van der Waals surface area contributed by atoms with Crippen LogP contribution in [0.5, 0.6) is 0 Å². The SMILES string of the molecule is CCn1c(CS(=O)(=O)c2ccccc2)nnc1SCC(=O)Nc1nccs1. The predicted octanol–water partition coefficient (Wildman–Crippen LogP) is 2.46. The summed E-state index contributed by atoms with van der Waals surface area (Å²) in [5, 5.41) is 13.6. The van der Waals surface area contributed by atoms with Crippen molar-refractivity contribution in [1.82, 2.24) is 19.7 Å². The predicted molar refractivity (Wildman–Crippen MR) is 104 cm³/mol. The van der Waals surface area contributed by atoms with Crippen LogP contribution in [0, 0.1) is 0 Å². The molecule has 0 bridgehead atoms. The van der Waals surface area contributed by atoms with Gasteiger partial charge in [-0.2, -0.15) is 0 Å². The fourth-order valence-electron chi connectivity index (χ4n) is 2.30. The molecular weight excluding hydrogens is 406 g/mol. The number of thiazole rings is 1. The smallest absolute Gasteiger partial charge is 0.236 e. The molecule has 0 aliphatic rings. The Bertz CT molecular complexity index is 1000. The molecule has 0 radical (unpaired) electrons. The van der Waals surface area contributed by atoms with Crippen LogP contribution >= 0.6 is 23.1 Å². The fourth-order valence-corrected chi connectivity index (χ4v) is 4.96. The lowest BCUT2D eigenvalue weighted by Crippen LogP contribution is -2.15. The van der Waals surface area contributed by atoms with Crippen molar-refractivity contribution in [3.8, 4) is 0 Å². The average Bonchev–Trinajstić information content (AvgIpc) is 3.30. The van der Waals surface area contributed by atoms with Crippen LogP contribution in [-0.2, 0) is 26.9 Å². The Morgan fingerprint density at radius 1 is 1.26 bits per heavy atom. The first kappa shape index (κ1) is 19.5. The second-order valence-corrected chi connectivity index (χ2v) is 9.22. The molecule has 1 aromatic carbocycles. The molecular formula is C16H17N5O3S3. The highest BCUT2D eigenvalue weighted by molar-refractivity contribution is 7.99. The molecule has 11 heteroatoms. The van der Waals surface area contributed by atoms with Crippen LogP contribution in [0.2, 0.25) is 0 Å². The molecule has 2 heterocycles. The van der Waals surface area contributed by atoms with Crippen LogP contribution in [-0.4, -0.2) is 39.8 Å². The first-order chi connectivity index (χ1) is 13.0. The van der Waals surface area contributed by atoms with Gasteiger partial charge >= 0.3 is 0 Å². The summed E-state index contributed by atoms with van der Waals surface area (Å²) in [6, 6.07) is 8.24. The molecule has 0 aliphatic carbocycles. The highest BCUT2D eigenvalue weighted by Crippen LogP contribution is 2.21. The molecule has 3 rings (SSSR count). The Morgan fingerprint density at radius 2 is 2.04 bits per heavy atom. The van der Waals surface area contributed by atoms with E-state index in [0.29, 0.717) is 22.7 Å². The normalized spacial score (nSPS) is 11.4. The van der Waals surface area contributed by atoms with Crippen LogP contribution in [0.4, 0.5) is 5.13 Å². The van der Waals surface area contributed by atoms with E-state index in [1.165, 1.54) is 23.1 Å². The quantitative estimate of drug-likeness (QED) is 0.555. The molecule has 27 heavy (non-hydrogen) atoms. The fraction of sp³-hybridized carbons (Fsp3) is 0.250. The first-order valence-electron chi connectivity index (χ1n) is 8.01. The highest BCUT2D eigenvalue weighted by Gasteiger charge is 2.21. The van der Waals surface area contributed by atoms with Crippen molar-refractivity contribution in [2.75, 3.05) is 11.1 Å². The van der Waals surface area contributed by atoms with E-state index in [0.717, 1.165) is 0 Å². The maximum absolute atomic E-state index is 12.6. The van der Waals surface area contributed by atoms with Gasteiger partial charge in [-0.3, -0.25) is 4.79 Å². The molecule has 0 saturated carbocycles. The number of carbonyl (C=O) groups excluding carboxylic acids is 1. The lowest BCUT2D eigenvalue weighted by molar-refractivity contribution is -0.113. The summed E-state index contributed by atoms with van der Waals surface area (Å²) in [7, 11) is -3.52. The summed E-state index contributed by atoms with van der Waals surface area (Å²) in [5.74, 6) is 0.0237. The molecule has 0 unspecified atom stereocenters. The minimum Gasteiger partial charge on any atom is -0.305 e. The van der Waals surface area contributed by atoms with E-state index in [4.69, 9.17) is 0 Å². The van der Waals surface area contributed by atoms with Crippen LogP contribution < -0.4 is 5.32 Å². The number of thioether (sulfide) groups is 1. The third kappa shape index (κ3) is 4.93. The third-order valence-corrected chi connectivity index (χ3v) is 6.83. The maximum atomic E-state index is 12.6. The molecule has 142 valence electrons. The lowest BCUT2D eigenvalue weighted by Gasteiger charge is -2.08. The van der Waals surface area contributed by atoms with Crippen molar-refractivity contribution < 1.29 is 13.2 Å². The van der Waals surface area contributed by atoms with Crippen LogP contribution in [0.25, 0.3) is 0 Å². The zero-order chi connectivity index (χ0) is 19.3. The zero-order valence-electron chi connectivity index (χ0n) is 14.4. The Labute approximate surface area is 165 Å². The van der Waals surface area contributed by atoms with Crippen molar-refractivity contribution >= 4 is 44.0 Å². The summed E-state index contributed by atoms with van der Waals surface area (Å²) >= 11 is 2.54. The number of amides is 1. The number of hydrogen-bond acceptors (Lipinski definition) is 8. The Morgan fingerprint density at radius 3 is 2.70 bits per heavy atom. The largest absolute Gasteiger partial charge is 0.305 e. The maximum Gasteiger partial charge on any atom is 0.236 e. The van der Waals surface area contributed by atoms with Crippen LogP contribution in [0.15, 0.2) is 52.0 Å². The lowest BCUT2D eigenvalue weighted by atomic mass is 10.4. The van der Waals surface area contributed by atoms with Gasteiger partial charge in [-0.15, -0.1) is 21.5 Å². The van der Waals surface area contributed by atoms with Gasteiger partial charge in [0.25, 0.3) is 0 Å². The molecule has 0 spiro atoms. The van der Waals surface area contributed by atoms with E-state index in [1.54, 1.807) is 46.5 Å². The van der Waals surface area contributed by atoms with Gasteiger partial charge in [0.05, 0.1) is 10.6 Å². The van der Waals surface area contributed by atoms with Gasteiger partial charge in [-0.25, -0.2) is 13.4 Å². The summed E-state index contributed by atoms with van der Waals surface area (Å²) in [6.07, 6.45) is 1.61. The molecule has 0 atom stereocenters. The van der Waals surface area contributed by atoms with E-state index in [-0.39, 0.29) is 22.3 Å². The Kier molecular flexibility index (Phi) is 6.24. The van der Waals surface area contributed by atoms with Gasteiger partial charge in [0.15, 0.2) is 20.1 Å². The first-order valence-corrected chi connectivity index (χ1v) is 11.5. The second kappa shape index (κ2) is 8.63. The minimum atomic E-state index is -3.52. The van der Waals surface area contributed by atoms with E-state index >= 15 is 0 Å². The molecule has 0 aliphatic heterocycles. The number of rotatable bonds is 8. The Balaban J connectivity index is 1.68. The minimum absolute atomic E-state index is 0.128. The van der Waals surface area contributed by atoms with E-state index in [1.807, 2.05) is 6.92 Å². The van der Waals surface area contributed by atoms with E-state index < -0.39 is 9.84 Å². The summed E-state index contributed by atoms with van der Waals surface area (Å²) in [5.41, 5.74) is 0. The number of anilines is 1. The average molecular weight is 424 g/mol. The highest BCUT2D eigenvalue weighted by atomic mass is 32.2.